The van der Waals surface area contributed by atoms with Crippen LogP contribution in [0.15, 0.2) is 130 Å². The van der Waals surface area contributed by atoms with Crippen molar-refractivity contribution >= 4 is 80.5 Å². The first kappa shape index (κ1) is 45.4. The lowest BCUT2D eigenvalue weighted by molar-refractivity contribution is -0.668. The summed E-state index contributed by atoms with van der Waals surface area (Å²) in [4.78, 5) is 5.71. The SMILES string of the molecule is COc1cc2c(cc1OC)N(CCCSOOO)/C(=C/C=C1\CCC(/C=C/c3sc4cc(OC)c(OC)cc4[n+]3CCCSOOO)=C1N(c1ccccc1)c1ccccc1)S2. The number of thiazole rings is 1. The third kappa shape index (κ3) is 10.6. The van der Waals surface area contributed by atoms with Gasteiger partial charge < -0.3 is 28.7 Å². The minimum absolute atomic E-state index is 0.608. The van der Waals surface area contributed by atoms with E-state index >= 15 is 0 Å². The number of hydrogen-bond acceptors (Lipinski definition) is 16. The molecule has 1 aliphatic carbocycles. The largest absolute Gasteiger partial charge is 0.493 e. The fourth-order valence-electron chi connectivity index (χ4n) is 7.47. The van der Waals surface area contributed by atoms with Crippen LogP contribution in [0.5, 0.6) is 23.0 Å². The van der Waals surface area contributed by atoms with Gasteiger partial charge in [0.2, 0.25) is 5.52 Å². The van der Waals surface area contributed by atoms with Crippen LogP contribution in [-0.4, -0.2) is 57.0 Å². The van der Waals surface area contributed by atoms with E-state index in [0.717, 1.165) is 97.7 Å². The Kier molecular flexibility index (Phi) is 16.6. The zero-order chi connectivity index (χ0) is 43.3. The van der Waals surface area contributed by atoms with Crippen LogP contribution in [0, 0.1) is 0 Å². The van der Waals surface area contributed by atoms with Crippen molar-refractivity contribution in [2.45, 2.75) is 37.1 Å². The number of ether oxygens (including phenoxy) is 4. The molecule has 5 aromatic rings. The molecule has 326 valence electrons. The van der Waals surface area contributed by atoms with Gasteiger partial charge in [-0.3, -0.25) is 0 Å². The Morgan fingerprint density at radius 3 is 1.98 bits per heavy atom. The van der Waals surface area contributed by atoms with Crippen LogP contribution < -0.4 is 33.3 Å². The first-order valence-electron chi connectivity index (χ1n) is 19.7. The van der Waals surface area contributed by atoms with Crippen LogP contribution in [0.25, 0.3) is 16.3 Å². The Morgan fingerprint density at radius 1 is 0.726 bits per heavy atom. The van der Waals surface area contributed by atoms with Crippen molar-refractivity contribution < 1.29 is 52.8 Å². The molecular weight excluding hydrogens is 871 g/mol. The average Bonchev–Trinajstić information content (AvgIpc) is 3.98. The molecule has 17 heteroatoms. The number of nitrogens with zero attached hydrogens (tertiary/aromatic N) is 3. The van der Waals surface area contributed by atoms with Crippen LogP contribution in [-0.2, 0) is 25.3 Å². The van der Waals surface area contributed by atoms with E-state index in [1.165, 1.54) is 11.1 Å². The molecule has 13 nitrogen and oxygen atoms in total. The molecule has 62 heavy (non-hydrogen) atoms. The maximum Gasteiger partial charge on any atom is 0.262 e. The summed E-state index contributed by atoms with van der Waals surface area (Å²) in [5.74, 6) is 3.87. The van der Waals surface area contributed by atoms with E-state index < -0.39 is 0 Å². The minimum atomic E-state index is 0.608. The van der Waals surface area contributed by atoms with Crippen LogP contribution >= 0.6 is 47.2 Å². The molecule has 0 unspecified atom stereocenters. The maximum absolute atomic E-state index is 8.65. The maximum atomic E-state index is 8.65. The van der Waals surface area contributed by atoms with Crippen molar-refractivity contribution in [3.8, 4) is 23.0 Å². The first-order chi connectivity index (χ1) is 30.5. The average molecular weight is 919 g/mol. The Labute approximate surface area is 377 Å². The van der Waals surface area contributed by atoms with Crippen molar-refractivity contribution in [1.82, 2.24) is 0 Å². The molecule has 2 aliphatic rings. The highest BCUT2D eigenvalue weighted by molar-refractivity contribution is 8.03. The zero-order valence-electron chi connectivity index (χ0n) is 34.7. The van der Waals surface area contributed by atoms with Crippen molar-refractivity contribution in [3.63, 3.8) is 0 Å². The molecule has 2 N–H and O–H groups in total. The molecule has 0 radical (unpaired) electrons. The molecule has 0 atom stereocenters. The van der Waals surface area contributed by atoms with Crippen LogP contribution in [0.3, 0.4) is 0 Å². The molecule has 0 spiro atoms. The quantitative estimate of drug-likeness (QED) is 0.0225. The monoisotopic (exact) mass is 918 g/mol. The zero-order valence-corrected chi connectivity index (χ0v) is 38.0. The molecular formula is C45H48N3O10S4+. The fourth-order valence-corrected chi connectivity index (χ4v) is 10.4. The molecule has 0 fully saturated rings. The number of anilines is 3. The number of methoxy groups -OCH3 is 4. The van der Waals surface area contributed by atoms with Crippen LogP contribution in [0.4, 0.5) is 17.1 Å². The van der Waals surface area contributed by atoms with Gasteiger partial charge in [0, 0.05) is 89.1 Å². The number of thioether (sulfide) groups is 1. The van der Waals surface area contributed by atoms with E-state index in [9.17, 15) is 0 Å². The molecule has 0 bridgehead atoms. The summed E-state index contributed by atoms with van der Waals surface area (Å²) in [6.07, 6.45) is 12.1. The predicted octanol–water partition coefficient (Wildman–Crippen LogP) is 11.4. The molecule has 0 saturated carbocycles. The van der Waals surface area contributed by atoms with Crippen molar-refractivity contribution in [2.24, 2.45) is 0 Å². The molecule has 0 amide bonds. The van der Waals surface area contributed by atoms with Crippen molar-refractivity contribution in [3.05, 3.63) is 130 Å². The third-order valence-electron chi connectivity index (χ3n) is 10.2. The number of aryl methyl sites for hydroxylation is 1. The van der Waals surface area contributed by atoms with E-state index in [2.05, 4.69) is 106 Å². The third-order valence-corrected chi connectivity index (χ3v) is 13.7. The van der Waals surface area contributed by atoms with E-state index in [-0.39, 0.29) is 0 Å². The van der Waals surface area contributed by atoms with Gasteiger partial charge in [0.15, 0.2) is 29.5 Å². The number of hydrogen-bond donors (Lipinski definition) is 2. The summed E-state index contributed by atoms with van der Waals surface area (Å²) in [5.41, 5.74) is 7.68. The number of allylic oxidation sites excluding steroid dienone is 5. The van der Waals surface area contributed by atoms with Gasteiger partial charge >= 0.3 is 0 Å². The summed E-state index contributed by atoms with van der Waals surface area (Å²) < 4.78 is 35.4. The van der Waals surface area contributed by atoms with Gasteiger partial charge in [0.05, 0.1) is 50.9 Å². The predicted molar refractivity (Wildman–Crippen MR) is 248 cm³/mol. The number of fused-ring (bicyclic) bond motifs is 2. The van der Waals surface area contributed by atoms with Gasteiger partial charge in [0.1, 0.15) is 4.70 Å². The lowest BCUT2D eigenvalue weighted by atomic mass is 10.1. The Bertz CT molecular complexity index is 2370. The molecule has 0 saturated heterocycles. The lowest BCUT2D eigenvalue weighted by Crippen LogP contribution is -2.35. The summed E-state index contributed by atoms with van der Waals surface area (Å²) in [7, 11) is 6.58. The second kappa shape index (κ2) is 22.6. The van der Waals surface area contributed by atoms with Gasteiger partial charge in [-0.25, -0.2) is 10.5 Å². The molecule has 1 aromatic heterocycles. The number of aromatic nitrogens is 1. The van der Waals surface area contributed by atoms with Crippen LogP contribution in [0.2, 0.25) is 0 Å². The molecule has 4 aromatic carbocycles. The van der Waals surface area contributed by atoms with E-state index in [4.69, 9.17) is 29.5 Å². The van der Waals surface area contributed by atoms with E-state index in [1.54, 1.807) is 51.5 Å². The Hall–Kier alpha value is -4.66. The Balaban J connectivity index is 1.33. The topological polar surface area (TPSA) is 125 Å². The van der Waals surface area contributed by atoms with Crippen molar-refractivity contribution in [1.29, 1.82) is 0 Å². The highest BCUT2D eigenvalue weighted by Crippen LogP contribution is 2.51. The van der Waals surface area contributed by atoms with E-state index in [0.29, 0.717) is 47.6 Å². The highest BCUT2D eigenvalue weighted by Gasteiger charge is 2.30. The van der Waals surface area contributed by atoms with Gasteiger partial charge in [-0.05, 0) is 66.8 Å². The standard InChI is InChI=1S/C45H47N3O10S4/c1-51-37-27-35-41(29-39(37)53-3)61-43(46(35)23-11-25-59-57-55-49)21-19-31-17-18-32(45(31)48(33-13-7-5-8-14-33)34-15-9-6-10-16-34)20-22-44-47(24-12-26-60-58-56-50)36-28-38(52-2)40(54-4)30-42(36)62-44/h5-10,13-16,19-22,27-30H,11-12,17-18,23-26H2,1-4H3,(H-,49,50)/p+1. The fraction of sp³-hybridized carbons (Fsp3) is 0.267. The van der Waals surface area contributed by atoms with Gasteiger partial charge in [-0.2, -0.15) is 4.57 Å². The van der Waals surface area contributed by atoms with Gasteiger partial charge in [-0.15, -0.1) is 8.67 Å². The van der Waals surface area contributed by atoms with Crippen LogP contribution in [0.1, 0.15) is 30.7 Å². The molecule has 1 aliphatic heterocycles. The second-order valence-electron chi connectivity index (χ2n) is 13.7. The number of benzene rings is 4. The normalized spacial score (nSPS) is 15.1. The first-order valence-corrected chi connectivity index (χ1v) is 23.2. The van der Waals surface area contributed by atoms with Crippen molar-refractivity contribution in [2.75, 3.05) is 56.3 Å². The molecule has 7 rings (SSSR count). The highest BCUT2D eigenvalue weighted by atomic mass is 32.2. The lowest BCUT2D eigenvalue weighted by Gasteiger charge is -2.28. The Morgan fingerprint density at radius 2 is 1.34 bits per heavy atom. The number of rotatable bonds is 22. The second-order valence-corrected chi connectivity index (χ2v) is 17.4. The summed E-state index contributed by atoms with van der Waals surface area (Å²) in [6.45, 7) is 1.38. The van der Waals surface area contributed by atoms with E-state index in [1.807, 2.05) is 36.4 Å². The smallest absolute Gasteiger partial charge is 0.262 e. The summed E-state index contributed by atoms with van der Waals surface area (Å²) in [5, 5.41) is 27.0. The summed E-state index contributed by atoms with van der Waals surface area (Å²) in [6, 6.07) is 29.1. The molecule has 2 heterocycles. The number of para-hydroxylation sites is 2. The van der Waals surface area contributed by atoms with Gasteiger partial charge in [-0.1, -0.05) is 75.6 Å². The summed E-state index contributed by atoms with van der Waals surface area (Å²) >= 11 is 5.47. The van der Waals surface area contributed by atoms with Gasteiger partial charge in [0.25, 0.3) is 5.01 Å². The minimum Gasteiger partial charge on any atom is -0.493 e.